The zero-order valence-corrected chi connectivity index (χ0v) is 10.1. The second-order valence-electron chi connectivity index (χ2n) is 3.99. The second kappa shape index (κ2) is 5.07. The summed E-state index contributed by atoms with van der Waals surface area (Å²) < 4.78 is 10.0. The molecule has 7 nitrogen and oxygen atoms in total. The first-order chi connectivity index (χ1) is 8.63. The van der Waals surface area contributed by atoms with Crippen LogP contribution >= 0.6 is 0 Å². The Hall–Kier alpha value is -2.05. The molecule has 1 aliphatic rings. The van der Waals surface area contributed by atoms with Gasteiger partial charge in [0, 0.05) is 6.54 Å². The lowest BCUT2D eigenvalue weighted by molar-refractivity contribution is -0.119. The van der Waals surface area contributed by atoms with Crippen molar-refractivity contribution in [2.24, 2.45) is 5.73 Å². The third-order valence-electron chi connectivity index (χ3n) is 2.80. The molecule has 0 radical (unpaired) electrons. The van der Waals surface area contributed by atoms with Crippen LogP contribution in [0.2, 0.25) is 0 Å². The summed E-state index contributed by atoms with van der Waals surface area (Å²) in [5.74, 6) is -0.953. The fourth-order valence-electron chi connectivity index (χ4n) is 1.99. The average Bonchev–Trinajstić information content (AvgIpc) is 2.98. The highest BCUT2D eigenvalue weighted by Gasteiger charge is 2.32. The van der Waals surface area contributed by atoms with Gasteiger partial charge >= 0.3 is 5.97 Å². The predicted molar refractivity (Wildman–Crippen MR) is 62.0 cm³/mol. The van der Waals surface area contributed by atoms with Gasteiger partial charge < -0.3 is 19.8 Å². The summed E-state index contributed by atoms with van der Waals surface area (Å²) in [6.45, 7) is 2.62. The van der Waals surface area contributed by atoms with Gasteiger partial charge in [-0.3, -0.25) is 4.79 Å². The number of primary amides is 1. The van der Waals surface area contributed by atoms with Crippen molar-refractivity contribution in [3.05, 3.63) is 12.0 Å². The largest absolute Gasteiger partial charge is 0.461 e. The normalized spacial score (nSPS) is 18.9. The number of esters is 1. The fourth-order valence-corrected chi connectivity index (χ4v) is 1.99. The molecule has 1 fully saturated rings. The van der Waals surface area contributed by atoms with Crippen LogP contribution in [0.1, 0.15) is 30.3 Å². The summed E-state index contributed by atoms with van der Waals surface area (Å²) in [6.07, 6.45) is 2.74. The van der Waals surface area contributed by atoms with Gasteiger partial charge in [-0.05, 0) is 19.8 Å². The first kappa shape index (κ1) is 12.4. The number of rotatable bonds is 4. The van der Waals surface area contributed by atoms with E-state index < -0.39 is 17.9 Å². The Morgan fingerprint density at radius 1 is 1.67 bits per heavy atom. The van der Waals surface area contributed by atoms with Gasteiger partial charge in [-0.2, -0.15) is 4.98 Å². The standard InChI is InChI=1S/C11H15N3O4/c1-2-17-10(16)7-6-18-11(13-7)14-5-3-4-8(14)9(12)15/h6,8H,2-5H2,1H3,(H2,12,15). The molecule has 1 aromatic heterocycles. The Labute approximate surface area is 104 Å². The highest BCUT2D eigenvalue weighted by Crippen LogP contribution is 2.24. The Morgan fingerprint density at radius 3 is 3.11 bits per heavy atom. The summed E-state index contributed by atoms with van der Waals surface area (Å²) in [4.78, 5) is 28.4. The lowest BCUT2D eigenvalue weighted by atomic mass is 10.2. The minimum atomic E-state index is -0.540. The molecule has 0 bridgehead atoms. The van der Waals surface area contributed by atoms with Crippen LogP contribution in [0.3, 0.4) is 0 Å². The van der Waals surface area contributed by atoms with E-state index in [4.69, 9.17) is 14.9 Å². The van der Waals surface area contributed by atoms with Gasteiger partial charge in [0.2, 0.25) is 5.91 Å². The maximum absolute atomic E-state index is 11.4. The molecule has 1 aliphatic heterocycles. The van der Waals surface area contributed by atoms with Gasteiger partial charge in [-0.1, -0.05) is 0 Å². The number of hydrogen-bond donors (Lipinski definition) is 1. The minimum Gasteiger partial charge on any atom is -0.461 e. The van der Waals surface area contributed by atoms with Gasteiger partial charge in [0.25, 0.3) is 6.01 Å². The lowest BCUT2D eigenvalue weighted by Crippen LogP contribution is -2.40. The van der Waals surface area contributed by atoms with Crippen LogP contribution < -0.4 is 10.6 Å². The maximum atomic E-state index is 11.4. The van der Waals surface area contributed by atoms with Crippen LogP contribution in [0.25, 0.3) is 0 Å². The number of nitrogens with two attached hydrogens (primary N) is 1. The average molecular weight is 253 g/mol. The molecule has 0 aliphatic carbocycles. The Kier molecular flexibility index (Phi) is 3.50. The van der Waals surface area contributed by atoms with E-state index in [1.54, 1.807) is 11.8 Å². The maximum Gasteiger partial charge on any atom is 0.360 e. The van der Waals surface area contributed by atoms with E-state index in [2.05, 4.69) is 4.98 Å². The van der Waals surface area contributed by atoms with Crippen LogP contribution in [0.15, 0.2) is 10.7 Å². The molecule has 1 saturated heterocycles. The minimum absolute atomic E-state index is 0.0990. The zero-order valence-electron chi connectivity index (χ0n) is 10.1. The monoisotopic (exact) mass is 253 g/mol. The van der Waals surface area contributed by atoms with Crippen molar-refractivity contribution in [3.63, 3.8) is 0 Å². The molecule has 18 heavy (non-hydrogen) atoms. The number of nitrogens with zero attached hydrogens (tertiary/aromatic N) is 2. The third kappa shape index (κ3) is 2.29. The number of amides is 1. The zero-order chi connectivity index (χ0) is 13.1. The third-order valence-corrected chi connectivity index (χ3v) is 2.80. The van der Waals surface area contributed by atoms with Crippen molar-refractivity contribution >= 4 is 17.9 Å². The van der Waals surface area contributed by atoms with Gasteiger partial charge in [0.1, 0.15) is 12.3 Å². The number of carbonyl (C=O) groups excluding carboxylic acids is 2. The summed E-state index contributed by atoms with van der Waals surface area (Å²) in [5, 5.41) is 0. The number of aromatic nitrogens is 1. The van der Waals surface area contributed by atoms with E-state index >= 15 is 0 Å². The highest BCUT2D eigenvalue weighted by atomic mass is 16.5. The van der Waals surface area contributed by atoms with Crippen LogP contribution in [0, 0.1) is 0 Å². The van der Waals surface area contributed by atoms with E-state index in [-0.39, 0.29) is 18.3 Å². The molecule has 98 valence electrons. The molecule has 7 heteroatoms. The molecule has 0 aromatic carbocycles. The number of ether oxygens (including phenoxy) is 1. The van der Waals surface area contributed by atoms with Crippen molar-refractivity contribution in [1.29, 1.82) is 0 Å². The second-order valence-corrected chi connectivity index (χ2v) is 3.99. The van der Waals surface area contributed by atoms with Crippen molar-refractivity contribution in [3.8, 4) is 0 Å². The quantitative estimate of drug-likeness (QED) is 0.775. The van der Waals surface area contributed by atoms with E-state index in [0.29, 0.717) is 13.0 Å². The Balaban J connectivity index is 2.14. The molecule has 1 aromatic rings. The van der Waals surface area contributed by atoms with Crippen LogP contribution in [0.5, 0.6) is 0 Å². The van der Waals surface area contributed by atoms with Crippen molar-refractivity contribution in [2.75, 3.05) is 18.1 Å². The predicted octanol–water partition coefficient (Wildman–Crippen LogP) is 0.305. The molecule has 2 heterocycles. The molecule has 0 spiro atoms. The first-order valence-electron chi connectivity index (χ1n) is 5.82. The van der Waals surface area contributed by atoms with Crippen molar-refractivity contribution < 1.29 is 18.7 Å². The first-order valence-corrected chi connectivity index (χ1v) is 5.82. The van der Waals surface area contributed by atoms with Gasteiger partial charge in [0.05, 0.1) is 6.61 Å². The molecule has 2 rings (SSSR count). The summed E-state index contributed by atoms with van der Waals surface area (Å²) in [6, 6.07) is -0.182. The van der Waals surface area contributed by atoms with Crippen LogP contribution in [-0.4, -0.2) is 36.1 Å². The molecule has 1 atom stereocenters. The molecular weight excluding hydrogens is 238 g/mol. The van der Waals surface area contributed by atoms with Crippen molar-refractivity contribution in [2.45, 2.75) is 25.8 Å². The number of oxazole rings is 1. The van der Waals surface area contributed by atoms with Crippen molar-refractivity contribution in [1.82, 2.24) is 4.98 Å². The Bertz CT molecular complexity index is 457. The lowest BCUT2D eigenvalue weighted by Gasteiger charge is -2.19. The molecule has 0 saturated carbocycles. The number of carbonyl (C=O) groups is 2. The van der Waals surface area contributed by atoms with E-state index in [9.17, 15) is 9.59 Å². The van der Waals surface area contributed by atoms with Crippen LogP contribution in [0.4, 0.5) is 6.01 Å². The highest BCUT2D eigenvalue weighted by molar-refractivity contribution is 5.87. The molecule has 1 unspecified atom stereocenters. The summed E-state index contributed by atoms with van der Waals surface area (Å²) in [5.41, 5.74) is 5.40. The van der Waals surface area contributed by atoms with E-state index in [1.807, 2.05) is 0 Å². The molecule has 1 amide bonds. The Morgan fingerprint density at radius 2 is 2.44 bits per heavy atom. The van der Waals surface area contributed by atoms with E-state index in [0.717, 1.165) is 6.42 Å². The van der Waals surface area contributed by atoms with Gasteiger partial charge in [-0.15, -0.1) is 0 Å². The van der Waals surface area contributed by atoms with E-state index in [1.165, 1.54) is 6.26 Å². The smallest absolute Gasteiger partial charge is 0.360 e. The van der Waals surface area contributed by atoms with Gasteiger partial charge in [0.15, 0.2) is 5.69 Å². The molecule has 2 N–H and O–H groups in total. The van der Waals surface area contributed by atoms with Crippen LogP contribution in [-0.2, 0) is 9.53 Å². The molecular formula is C11H15N3O4. The summed E-state index contributed by atoms with van der Waals surface area (Å²) in [7, 11) is 0. The number of anilines is 1. The fraction of sp³-hybridized carbons (Fsp3) is 0.545. The van der Waals surface area contributed by atoms with Gasteiger partial charge in [-0.25, -0.2) is 4.79 Å². The SMILES string of the molecule is CCOC(=O)c1coc(N2CCCC2C(N)=O)n1. The number of hydrogen-bond acceptors (Lipinski definition) is 6. The topological polar surface area (TPSA) is 98.7 Å². The summed E-state index contributed by atoms with van der Waals surface area (Å²) >= 11 is 0.